The number of hydrogen-bond acceptors (Lipinski definition) is 2. The summed E-state index contributed by atoms with van der Waals surface area (Å²) >= 11 is 0. The van der Waals surface area contributed by atoms with Crippen LogP contribution in [0.4, 0.5) is 29.3 Å². The largest absolute Gasteiger partial charge is 0.416 e. The second-order valence-electron chi connectivity index (χ2n) is 7.93. The summed E-state index contributed by atoms with van der Waals surface area (Å²) in [5.74, 6) is -0.0788. The zero-order chi connectivity index (χ0) is 23.6. The minimum absolute atomic E-state index is 0.0474. The molecule has 0 atom stereocenters. The zero-order valence-corrected chi connectivity index (χ0v) is 17.9. The summed E-state index contributed by atoms with van der Waals surface area (Å²) in [4.78, 5) is 26.9. The zero-order valence-electron chi connectivity index (χ0n) is 17.9. The first-order valence-corrected chi connectivity index (χ1v) is 10.4. The molecule has 4 rings (SSSR count). The molecule has 0 aromatic heterocycles. The normalized spacial score (nSPS) is 12.9. The van der Waals surface area contributed by atoms with Crippen LogP contribution in [0, 0.1) is 6.92 Å². The molecule has 0 saturated carbocycles. The quantitative estimate of drug-likeness (QED) is 0.545. The number of carbonyl (C=O) groups is 2. The highest BCUT2D eigenvalue weighted by atomic mass is 19.4. The van der Waals surface area contributed by atoms with E-state index in [4.69, 9.17) is 0 Å². The van der Waals surface area contributed by atoms with Gasteiger partial charge in [0, 0.05) is 30.0 Å². The maximum Gasteiger partial charge on any atom is 0.416 e. The molecule has 3 aromatic rings. The van der Waals surface area contributed by atoms with Crippen LogP contribution in [0.3, 0.4) is 0 Å². The molecular formula is C25H22F3N3O2. The van der Waals surface area contributed by atoms with E-state index in [2.05, 4.69) is 10.6 Å². The summed E-state index contributed by atoms with van der Waals surface area (Å²) in [5, 5.41) is 5.06. The Morgan fingerprint density at radius 3 is 2.55 bits per heavy atom. The van der Waals surface area contributed by atoms with Gasteiger partial charge in [0.2, 0.25) is 0 Å². The third kappa shape index (κ3) is 5.16. The molecule has 1 aliphatic heterocycles. The average Bonchev–Trinajstić information content (AvgIpc) is 3.20. The van der Waals surface area contributed by atoms with E-state index in [1.54, 1.807) is 11.0 Å². The predicted octanol–water partition coefficient (Wildman–Crippen LogP) is 5.54. The molecule has 3 amide bonds. The van der Waals surface area contributed by atoms with Gasteiger partial charge in [-0.15, -0.1) is 0 Å². The highest BCUT2D eigenvalue weighted by Crippen LogP contribution is 2.31. The number of urea groups is 1. The lowest BCUT2D eigenvalue weighted by Gasteiger charge is -2.18. The van der Waals surface area contributed by atoms with Crippen molar-refractivity contribution >= 4 is 23.3 Å². The first kappa shape index (κ1) is 22.4. The Labute approximate surface area is 189 Å². The molecule has 3 aromatic carbocycles. The van der Waals surface area contributed by atoms with Gasteiger partial charge < -0.3 is 15.5 Å². The standard InChI is InChI=1S/C25H22F3N3O2/c1-16-4-2-5-19(12-16)23(32)31-11-10-18-9-8-17(13-22(18)31)15-29-24(33)30-21-7-3-6-20(14-21)25(26,27)28/h2-9,12-14H,10-11,15H2,1H3,(H2,29,30,33). The van der Waals surface area contributed by atoms with Crippen LogP contribution in [0.25, 0.3) is 0 Å². The number of benzene rings is 3. The summed E-state index contributed by atoms with van der Waals surface area (Å²) in [6, 6.07) is 16.9. The summed E-state index contributed by atoms with van der Waals surface area (Å²) in [7, 11) is 0. The molecule has 5 nitrogen and oxygen atoms in total. The molecule has 0 radical (unpaired) electrons. The molecule has 0 spiro atoms. The van der Waals surface area contributed by atoms with E-state index in [-0.39, 0.29) is 18.1 Å². The van der Waals surface area contributed by atoms with Gasteiger partial charge in [-0.25, -0.2) is 4.79 Å². The van der Waals surface area contributed by atoms with Gasteiger partial charge in [0.05, 0.1) is 5.56 Å². The predicted molar refractivity (Wildman–Crippen MR) is 120 cm³/mol. The molecule has 2 N–H and O–H groups in total. The minimum atomic E-state index is -4.49. The number of nitrogens with zero attached hydrogens (tertiary/aromatic N) is 1. The second-order valence-corrected chi connectivity index (χ2v) is 7.93. The number of anilines is 2. The van der Waals surface area contributed by atoms with E-state index in [9.17, 15) is 22.8 Å². The van der Waals surface area contributed by atoms with Crippen LogP contribution in [0.15, 0.2) is 66.7 Å². The number of aryl methyl sites for hydroxylation is 1. The smallest absolute Gasteiger partial charge is 0.334 e. The fourth-order valence-corrected chi connectivity index (χ4v) is 3.81. The minimum Gasteiger partial charge on any atom is -0.334 e. The van der Waals surface area contributed by atoms with Crippen molar-refractivity contribution in [2.75, 3.05) is 16.8 Å². The Morgan fingerprint density at radius 1 is 1.00 bits per heavy atom. The summed E-state index contributed by atoms with van der Waals surface area (Å²) < 4.78 is 38.5. The number of fused-ring (bicyclic) bond motifs is 1. The molecule has 0 saturated heterocycles. The first-order valence-electron chi connectivity index (χ1n) is 10.4. The number of amides is 3. The summed E-state index contributed by atoms with van der Waals surface area (Å²) in [6.07, 6.45) is -3.74. The maximum absolute atomic E-state index is 13.0. The van der Waals surface area contributed by atoms with Crippen LogP contribution in [-0.4, -0.2) is 18.5 Å². The second kappa shape index (κ2) is 8.97. The molecule has 0 bridgehead atoms. The Morgan fingerprint density at radius 2 is 1.79 bits per heavy atom. The highest BCUT2D eigenvalue weighted by molar-refractivity contribution is 6.07. The Hall–Kier alpha value is -3.81. The van der Waals surface area contributed by atoms with E-state index < -0.39 is 17.8 Å². The SMILES string of the molecule is Cc1cccc(C(=O)N2CCc3ccc(CNC(=O)Nc4cccc(C(F)(F)F)c4)cc32)c1. The first-order chi connectivity index (χ1) is 15.7. The summed E-state index contributed by atoms with van der Waals surface area (Å²) in [5.41, 5.74) is 3.46. The molecular weight excluding hydrogens is 431 g/mol. The average molecular weight is 453 g/mol. The fraction of sp³-hybridized carbons (Fsp3) is 0.200. The van der Waals surface area contributed by atoms with E-state index in [0.29, 0.717) is 12.1 Å². The van der Waals surface area contributed by atoms with Crippen molar-refractivity contribution in [2.45, 2.75) is 26.1 Å². The van der Waals surface area contributed by atoms with E-state index >= 15 is 0 Å². The molecule has 0 unspecified atom stereocenters. The van der Waals surface area contributed by atoms with Gasteiger partial charge in [-0.3, -0.25) is 4.79 Å². The molecule has 0 fully saturated rings. The number of carbonyl (C=O) groups excluding carboxylic acids is 2. The molecule has 8 heteroatoms. The van der Waals surface area contributed by atoms with Crippen LogP contribution in [0.2, 0.25) is 0 Å². The van der Waals surface area contributed by atoms with Gasteiger partial charge in [-0.2, -0.15) is 13.2 Å². The third-order valence-corrected chi connectivity index (χ3v) is 5.46. The fourth-order valence-electron chi connectivity index (χ4n) is 3.81. The van der Waals surface area contributed by atoms with E-state index in [0.717, 1.165) is 40.9 Å². The van der Waals surface area contributed by atoms with Gasteiger partial charge in [-0.05, 0) is 60.9 Å². The Bertz CT molecular complexity index is 1210. The number of hydrogen-bond donors (Lipinski definition) is 2. The molecule has 1 heterocycles. The number of rotatable bonds is 4. The van der Waals surface area contributed by atoms with Crippen molar-refractivity contribution in [3.8, 4) is 0 Å². The van der Waals surface area contributed by atoms with Crippen LogP contribution >= 0.6 is 0 Å². The van der Waals surface area contributed by atoms with Crippen LogP contribution < -0.4 is 15.5 Å². The number of nitrogens with one attached hydrogen (secondary N) is 2. The third-order valence-electron chi connectivity index (χ3n) is 5.46. The van der Waals surface area contributed by atoms with Gasteiger partial charge in [0.15, 0.2) is 0 Å². The molecule has 170 valence electrons. The highest BCUT2D eigenvalue weighted by Gasteiger charge is 2.30. The summed E-state index contributed by atoms with van der Waals surface area (Å²) in [6.45, 7) is 2.67. The lowest BCUT2D eigenvalue weighted by Crippen LogP contribution is -2.29. The van der Waals surface area contributed by atoms with Crippen molar-refractivity contribution in [1.82, 2.24) is 5.32 Å². The molecule has 0 aliphatic carbocycles. The maximum atomic E-state index is 13.0. The van der Waals surface area contributed by atoms with Gasteiger partial charge in [0.25, 0.3) is 5.91 Å². The van der Waals surface area contributed by atoms with Crippen molar-refractivity contribution in [1.29, 1.82) is 0 Å². The van der Waals surface area contributed by atoms with Gasteiger partial charge >= 0.3 is 12.2 Å². The topological polar surface area (TPSA) is 61.4 Å². The van der Waals surface area contributed by atoms with Crippen molar-refractivity contribution in [2.24, 2.45) is 0 Å². The van der Waals surface area contributed by atoms with Crippen molar-refractivity contribution < 1.29 is 22.8 Å². The Balaban J connectivity index is 1.42. The van der Waals surface area contributed by atoms with Gasteiger partial charge in [0.1, 0.15) is 0 Å². The van der Waals surface area contributed by atoms with Crippen LogP contribution in [0.1, 0.15) is 32.6 Å². The van der Waals surface area contributed by atoms with E-state index in [1.165, 1.54) is 12.1 Å². The lowest BCUT2D eigenvalue weighted by atomic mass is 10.1. The van der Waals surface area contributed by atoms with Crippen LogP contribution in [-0.2, 0) is 19.1 Å². The number of halogens is 3. The van der Waals surface area contributed by atoms with Crippen molar-refractivity contribution in [3.05, 3.63) is 94.5 Å². The van der Waals surface area contributed by atoms with Crippen LogP contribution in [0.5, 0.6) is 0 Å². The van der Waals surface area contributed by atoms with E-state index in [1.807, 2.05) is 43.3 Å². The Kier molecular flexibility index (Phi) is 6.09. The molecule has 1 aliphatic rings. The number of alkyl halides is 3. The van der Waals surface area contributed by atoms with Gasteiger partial charge in [-0.1, -0.05) is 35.9 Å². The van der Waals surface area contributed by atoms with Crippen molar-refractivity contribution in [3.63, 3.8) is 0 Å². The lowest BCUT2D eigenvalue weighted by molar-refractivity contribution is -0.137. The molecule has 33 heavy (non-hydrogen) atoms. The monoisotopic (exact) mass is 453 g/mol.